The highest BCUT2D eigenvalue weighted by atomic mass is 32.2. The van der Waals surface area contributed by atoms with Gasteiger partial charge in [-0.05, 0) is 52.0 Å². The molecule has 0 heterocycles. The fourth-order valence-electron chi connectivity index (χ4n) is 2.35. The fourth-order valence-corrected chi connectivity index (χ4v) is 3.56. The zero-order valence-electron chi connectivity index (χ0n) is 15.2. The summed E-state index contributed by atoms with van der Waals surface area (Å²) in [4.78, 5) is 12.7. The average Bonchev–Trinajstić information content (AvgIpc) is 2.53. The van der Waals surface area contributed by atoms with Gasteiger partial charge in [0.1, 0.15) is 0 Å². The number of rotatable bonds is 4. The molecule has 25 heavy (non-hydrogen) atoms. The molecule has 0 spiro atoms. The molecule has 0 aliphatic heterocycles. The van der Waals surface area contributed by atoms with Crippen LogP contribution < -0.4 is 9.62 Å². The van der Waals surface area contributed by atoms with E-state index in [1.54, 1.807) is 48.5 Å². The fraction of sp³-hybridized carbons (Fsp3) is 0.316. The molecule has 2 rings (SSSR count). The number of carbonyl (C=O) groups excluding carboxylic acids is 1. The quantitative estimate of drug-likeness (QED) is 0.909. The molecule has 5 nitrogen and oxygen atoms in total. The highest BCUT2D eigenvalue weighted by molar-refractivity contribution is 7.92. The summed E-state index contributed by atoms with van der Waals surface area (Å²) in [6.07, 6.45) is 0. The molecule has 0 radical (unpaired) electrons. The van der Waals surface area contributed by atoms with Crippen LogP contribution >= 0.6 is 0 Å². The molecular formula is C19H24N2O3S. The van der Waals surface area contributed by atoms with Crippen molar-refractivity contribution in [2.24, 2.45) is 0 Å². The normalized spacial score (nSPS) is 11.9. The van der Waals surface area contributed by atoms with E-state index in [-0.39, 0.29) is 10.8 Å². The van der Waals surface area contributed by atoms with Crippen molar-refractivity contribution >= 4 is 21.6 Å². The van der Waals surface area contributed by atoms with Crippen LogP contribution in [0.1, 0.15) is 36.7 Å². The second-order valence-electron chi connectivity index (χ2n) is 7.01. The smallest absolute Gasteiger partial charge is 0.264 e. The lowest BCUT2D eigenvalue weighted by molar-refractivity contribution is 0.0920. The van der Waals surface area contributed by atoms with Gasteiger partial charge in [0.2, 0.25) is 0 Å². The summed E-state index contributed by atoms with van der Waals surface area (Å²) in [7, 11) is -2.30. The first-order valence-electron chi connectivity index (χ1n) is 7.99. The molecule has 2 aromatic carbocycles. The minimum absolute atomic E-state index is 0.187. The zero-order chi connectivity index (χ0) is 18.8. The highest BCUT2D eigenvalue weighted by Crippen LogP contribution is 2.26. The van der Waals surface area contributed by atoms with Gasteiger partial charge in [-0.2, -0.15) is 0 Å². The first-order valence-corrected chi connectivity index (χ1v) is 9.43. The molecule has 0 aliphatic rings. The van der Waals surface area contributed by atoms with Gasteiger partial charge in [-0.25, -0.2) is 8.42 Å². The largest absolute Gasteiger partial charge is 0.347 e. The summed E-state index contributed by atoms with van der Waals surface area (Å²) in [5.41, 5.74) is 1.21. The van der Waals surface area contributed by atoms with Crippen LogP contribution in [0.3, 0.4) is 0 Å². The van der Waals surface area contributed by atoms with E-state index in [0.717, 1.165) is 9.87 Å². The standard InChI is InChI=1S/C19H24N2O3S/c1-14-10-12-15(13-11-14)25(23,24)21(5)17-9-7-6-8-16(17)18(22)20-19(2,3)4/h6-13H,1-5H3,(H,20,22). The lowest BCUT2D eigenvalue weighted by Crippen LogP contribution is -2.41. The number of para-hydroxylation sites is 1. The third-order valence-electron chi connectivity index (χ3n) is 3.66. The molecule has 0 unspecified atom stereocenters. The molecular weight excluding hydrogens is 336 g/mol. The predicted octanol–water partition coefficient (Wildman–Crippen LogP) is 3.35. The minimum atomic E-state index is -3.76. The Hall–Kier alpha value is -2.34. The second-order valence-corrected chi connectivity index (χ2v) is 8.98. The minimum Gasteiger partial charge on any atom is -0.347 e. The van der Waals surface area contributed by atoms with Gasteiger partial charge in [0.25, 0.3) is 15.9 Å². The van der Waals surface area contributed by atoms with Crippen LogP contribution in [0, 0.1) is 6.92 Å². The van der Waals surface area contributed by atoms with Crippen LogP contribution in [0.4, 0.5) is 5.69 Å². The molecule has 0 fully saturated rings. The molecule has 1 N–H and O–H groups in total. The maximum Gasteiger partial charge on any atom is 0.264 e. The van der Waals surface area contributed by atoms with E-state index in [1.807, 2.05) is 27.7 Å². The lowest BCUT2D eigenvalue weighted by atomic mass is 10.1. The summed E-state index contributed by atoms with van der Waals surface area (Å²) < 4.78 is 26.9. The molecule has 0 aliphatic carbocycles. The number of carbonyl (C=O) groups is 1. The first-order chi connectivity index (χ1) is 11.5. The van der Waals surface area contributed by atoms with Crippen molar-refractivity contribution in [1.82, 2.24) is 5.32 Å². The molecule has 0 saturated heterocycles. The second kappa shape index (κ2) is 6.88. The zero-order valence-corrected chi connectivity index (χ0v) is 16.0. The van der Waals surface area contributed by atoms with Gasteiger partial charge in [-0.3, -0.25) is 9.10 Å². The number of nitrogens with one attached hydrogen (secondary N) is 1. The first kappa shape index (κ1) is 19.0. The number of aryl methyl sites for hydroxylation is 1. The van der Waals surface area contributed by atoms with Crippen molar-refractivity contribution in [2.45, 2.75) is 38.1 Å². The monoisotopic (exact) mass is 360 g/mol. The Kier molecular flexibility index (Phi) is 5.23. The van der Waals surface area contributed by atoms with E-state index in [2.05, 4.69) is 5.32 Å². The van der Waals surface area contributed by atoms with Crippen molar-refractivity contribution in [1.29, 1.82) is 0 Å². The predicted molar refractivity (Wildman–Crippen MR) is 100 cm³/mol. The third kappa shape index (κ3) is 4.39. The Morgan fingerprint density at radius 2 is 1.56 bits per heavy atom. The maximum absolute atomic E-state index is 12.9. The van der Waals surface area contributed by atoms with Gasteiger partial charge in [0.05, 0.1) is 16.1 Å². The van der Waals surface area contributed by atoms with Gasteiger partial charge in [0.15, 0.2) is 0 Å². The van der Waals surface area contributed by atoms with Gasteiger partial charge >= 0.3 is 0 Å². The molecule has 0 saturated carbocycles. The van der Waals surface area contributed by atoms with E-state index < -0.39 is 15.6 Å². The molecule has 0 bridgehead atoms. The molecule has 0 aromatic heterocycles. The molecule has 1 amide bonds. The number of nitrogens with zero attached hydrogens (tertiary/aromatic N) is 1. The lowest BCUT2D eigenvalue weighted by Gasteiger charge is -2.25. The summed E-state index contributed by atoms with van der Waals surface area (Å²) in [5.74, 6) is -0.311. The van der Waals surface area contributed by atoms with Crippen molar-refractivity contribution < 1.29 is 13.2 Å². The summed E-state index contributed by atoms with van der Waals surface area (Å²) >= 11 is 0. The van der Waals surface area contributed by atoms with E-state index >= 15 is 0 Å². The third-order valence-corrected chi connectivity index (χ3v) is 5.44. The summed E-state index contributed by atoms with van der Waals surface area (Å²) in [6, 6.07) is 13.3. The van der Waals surface area contributed by atoms with Crippen molar-refractivity contribution in [3.05, 3.63) is 59.7 Å². The molecule has 0 atom stereocenters. The maximum atomic E-state index is 12.9. The Balaban J connectivity index is 2.44. The van der Waals surface area contributed by atoms with Crippen LogP contribution in [0.25, 0.3) is 0 Å². The van der Waals surface area contributed by atoms with Gasteiger partial charge < -0.3 is 5.32 Å². The Morgan fingerprint density at radius 1 is 1.00 bits per heavy atom. The van der Waals surface area contributed by atoms with Gasteiger partial charge in [0, 0.05) is 12.6 Å². The SMILES string of the molecule is Cc1ccc(S(=O)(=O)N(C)c2ccccc2C(=O)NC(C)(C)C)cc1. The van der Waals surface area contributed by atoms with Crippen molar-refractivity contribution in [3.8, 4) is 0 Å². The average molecular weight is 360 g/mol. The molecule has 2 aromatic rings. The number of hydrogen-bond donors (Lipinski definition) is 1. The van der Waals surface area contributed by atoms with Crippen LogP contribution in [0.2, 0.25) is 0 Å². The number of benzene rings is 2. The van der Waals surface area contributed by atoms with E-state index in [4.69, 9.17) is 0 Å². The Labute approximate surface area is 149 Å². The highest BCUT2D eigenvalue weighted by Gasteiger charge is 2.26. The van der Waals surface area contributed by atoms with Gasteiger partial charge in [-0.15, -0.1) is 0 Å². The number of sulfonamides is 1. The summed E-state index contributed by atoms with van der Waals surface area (Å²) in [6.45, 7) is 7.52. The number of anilines is 1. The van der Waals surface area contributed by atoms with Crippen LogP contribution in [0.5, 0.6) is 0 Å². The van der Waals surface area contributed by atoms with Gasteiger partial charge in [-0.1, -0.05) is 29.8 Å². The van der Waals surface area contributed by atoms with E-state index in [9.17, 15) is 13.2 Å². The number of hydrogen-bond acceptors (Lipinski definition) is 3. The van der Waals surface area contributed by atoms with E-state index in [1.165, 1.54) is 7.05 Å². The molecule has 134 valence electrons. The van der Waals surface area contributed by atoms with Crippen molar-refractivity contribution in [2.75, 3.05) is 11.4 Å². The Morgan fingerprint density at radius 3 is 2.12 bits per heavy atom. The topological polar surface area (TPSA) is 66.5 Å². The molecule has 6 heteroatoms. The van der Waals surface area contributed by atoms with Crippen LogP contribution in [-0.2, 0) is 10.0 Å². The number of amides is 1. The summed E-state index contributed by atoms with van der Waals surface area (Å²) in [5, 5.41) is 2.87. The van der Waals surface area contributed by atoms with E-state index in [0.29, 0.717) is 11.3 Å². The van der Waals surface area contributed by atoms with Crippen LogP contribution in [0.15, 0.2) is 53.4 Å². The van der Waals surface area contributed by atoms with Crippen LogP contribution in [-0.4, -0.2) is 26.9 Å². The van der Waals surface area contributed by atoms with Crippen molar-refractivity contribution in [3.63, 3.8) is 0 Å². The Bertz CT molecular complexity index is 866.